The van der Waals surface area contributed by atoms with Crippen molar-refractivity contribution in [2.45, 2.75) is 12.8 Å². The fourth-order valence-electron chi connectivity index (χ4n) is 1.94. The van der Waals surface area contributed by atoms with E-state index in [1.165, 1.54) is 4.31 Å². The first-order valence-electron chi connectivity index (χ1n) is 6.32. The summed E-state index contributed by atoms with van der Waals surface area (Å²) in [6, 6.07) is 6.80. The second-order valence-corrected chi connectivity index (χ2v) is 6.05. The van der Waals surface area contributed by atoms with Gasteiger partial charge in [-0.05, 0) is 37.1 Å². The number of nitrogens with zero attached hydrogens (tertiary/aromatic N) is 1. The van der Waals surface area contributed by atoms with Crippen molar-refractivity contribution in [1.29, 1.82) is 0 Å². The number of benzene rings is 1. The minimum Gasteiger partial charge on any atom is -0.492 e. The van der Waals surface area contributed by atoms with E-state index in [0.29, 0.717) is 37.7 Å². The SMILES string of the molecule is NCCOc1ccc(NS(=O)(=O)N2CCCC2)cc1. The Morgan fingerprint density at radius 1 is 1.21 bits per heavy atom. The lowest BCUT2D eigenvalue weighted by atomic mass is 10.3. The molecule has 1 heterocycles. The maximum atomic E-state index is 12.0. The van der Waals surface area contributed by atoms with Crippen LogP contribution in [-0.2, 0) is 10.2 Å². The molecule has 1 aliphatic rings. The van der Waals surface area contributed by atoms with E-state index in [1.807, 2.05) is 0 Å². The summed E-state index contributed by atoms with van der Waals surface area (Å²) in [6.07, 6.45) is 1.85. The predicted octanol–water partition coefficient (Wildman–Crippen LogP) is 0.777. The van der Waals surface area contributed by atoms with Crippen LogP contribution in [0, 0.1) is 0 Å². The number of hydrogen-bond donors (Lipinski definition) is 2. The predicted molar refractivity (Wildman–Crippen MR) is 74.3 cm³/mol. The molecule has 1 aliphatic heterocycles. The van der Waals surface area contributed by atoms with E-state index in [2.05, 4.69) is 4.72 Å². The van der Waals surface area contributed by atoms with Crippen LogP contribution in [0.15, 0.2) is 24.3 Å². The Labute approximate surface area is 113 Å². The standard InChI is InChI=1S/C12H19N3O3S/c13-7-10-18-12-5-3-11(4-6-12)14-19(16,17)15-8-1-2-9-15/h3-6,14H,1-2,7-10,13H2. The fourth-order valence-corrected chi connectivity index (χ4v) is 3.24. The van der Waals surface area contributed by atoms with E-state index in [0.717, 1.165) is 12.8 Å². The molecule has 6 nitrogen and oxygen atoms in total. The summed E-state index contributed by atoms with van der Waals surface area (Å²) in [4.78, 5) is 0. The minimum absolute atomic E-state index is 0.443. The Morgan fingerprint density at radius 2 is 1.84 bits per heavy atom. The smallest absolute Gasteiger partial charge is 0.301 e. The van der Waals surface area contributed by atoms with E-state index in [-0.39, 0.29) is 0 Å². The van der Waals surface area contributed by atoms with Crippen molar-refractivity contribution in [2.24, 2.45) is 5.73 Å². The molecule has 19 heavy (non-hydrogen) atoms. The first kappa shape index (κ1) is 14.1. The van der Waals surface area contributed by atoms with Gasteiger partial charge in [0.05, 0.1) is 5.69 Å². The van der Waals surface area contributed by atoms with E-state index < -0.39 is 10.2 Å². The molecule has 0 spiro atoms. The van der Waals surface area contributed by atoms with Crippen LogP contribution in [0.1, 0.15) is 12.8 Å². The van der Waals surface area contributed by atoms with Gasteiger partial charge in [-0.2, -0.15) is 12.7 Å². The second kappa shape index (κ2) is 6.23. The van der Waals surface area contributed by atoms with Gasteiger partial charge in [0.25, 0.3) is 0 Å². The zero-order valence-corrected chi connectivity index (χ0v) is 11.5. The van der Waals surface area contributed by atoms with Crippen LogP contribution in [0.5, 0.6) is 5.75 Å². The van der Waals surface area contributed by atoms with Gasteiger partial charge in [-0.15, -0.1) is 0 Å². The van der Waals surface area contributed by atoms with Gasteiger partial charge in [0.15, 0.2) is 0 Å². The molecule has 0 saturated carbocycles. The molecule has 0 bridgehead atoms. The maximum Gasteiger partial charge on any atom is 0.301 e. The number of rotatable bonds is 6. The number of anilines is 1. The van der Waals surface area contributed by atoms with Crippen LogP contribution in [-0.4, -0.2) is 39.0 Å². The summed E-state index contributed by atoms with van der Waals surface area (Å²) in [5.74, 6) is 0.676. The molecule has 7 heteroatoms. The molecule has 0 aliphatic carbocycles. The molecule has 1 aromatic carbocycles. The molecule has 0 amide bonds. The molecule has 1 fully saturated rings. The molecule has 106 valence electrons. The topological polar surface area (TPSA) is 84.7 Å². The van der Waals surface area contributed by atoms with Crippen molar-refractivity contribution >= 4 is 15.9 Å². The van der Waals surface area contributed by atoms with Gasteiger partial charge in [-0.25, -0.2) is 0 Å². The van der Waals surface area contributed by atoms with Gasteiger partial charge < -0.3 is 10.5 Å². The Bertz CT molecular complexity index is 495. The van der Waals surface area contributed by atoms with Crippen LogP contribution < -0.4 is 15.2 Å². The van der Waals surface area contributed by atoms with Crippen LogP contribution >= 0.6 is 0 Å². The van der Waals surface area contributed by atoms with E-state index in [4.69, 9.17) is 10.5 Å². The molecule has 3 N–H and O–H groups in total. The average Bonchev–Trinajstić information content (AvgIpc) is 2.92. The van der Waals surface area contributed by atoms with Gasteiger partial charge in [0.2, 0.25) is 0 Å². The van der Waals surface area contributed by atoms with Crippen LogP contribution in [0.2, 0.25) is 0 Å². The lowest BCUT2D eigenvalue weighted by Crippen LogP contribution is -2.33. The molecule has 2 rings (SSSR count). The van der Waals surface area contributed by atoms with Gasteiger partial charge in [-0.3, -0.25) is 4.72 Å². The quantitative estimate of drug-likeness (QED) is 0.809. The van der Waals surface area contributed by atoms with Gasteiger partial charge in [0.1, 0.15) is 12.4 Å². The first-order valence-corrected chi connectivity index (χ1v) is 7.76. The number of nitrogens with two attached hydrogens (primary N) is 1. The summed E-state index contributed by atoms with van der Waals surface area (Å²) in [5.41, 5.74) is 5.87. The number of ether oxygens (including phenoxy) is 1. The second-order valence-electron chi connectivity index (χ2n) is 4.37. The molecular formula is C12H19N3O3S. The number of hydrogen-bond acceptors (Lipinski definition) is 4. The average molecular weight is 285 g/mol. The summed E-state index contributed by atoms with van der Waals surface area (Å²) in [5, 5.41) is 0. The molecule has 1 aromatic rings. The normalized spacial score (nSPS) is 16.5. The Morgan fingerprint density at radius 3 is 2.42 bits per heavy atom. The van der Waals surface area contributed by atoms with Crippen molar-refractivity contribution in [3.05, 3.63) is 24.3 Å². The highest BCUT2D eigenvalue weighted by Gasteiger charge is 2.24. The molecule has 0 atom stereocenters. The van der Waals surface area contributed by atoms with Crippen LogP contribution in [0.3, 0.4) is 0 Å². The minimum atomic E-state index is -3.42. The van der Waals surface area contributed by atoms with Crippen molar-refractivity contribution in [3.63, 3.8) is 0 Å². The Hall–Kier alpha value is -1.31. The zero-order chi connectivity index (χ0) is 13.7. The summed E-state index contributed by atoms with van der Waals surface area (Å²) >= 11 is 0. The molecule has 0 unspecified atom stereocenters. The molecule has 1 saturated heterocycles. The van der Waals surface area contributed by atoms with Gasteiger partial charge >= 0.3 is 10.2 Å². The van der Waals surface area contributed by atoms with E-state index >= 15 is 0 Å². The summed E-state index contributed by atoms with van der Waals surface area (Å²) in [7, 11) is -3.42. The monoisotopic (exact) mass is 285 g/mol. The van der Waals surface area contributed by atoms with Crippen LogP contribution in [0.25, 0.3) is 0 Å². The van der Waals surface area contributed by atoms with Crippen molar-refractivity contribution in [1.82, 2.24) is 4.31 Å². The van der Waals surface area contributed by atoms with Gasteiger partial charge in [0, 0.05) is 19.6 Å². The van der Waals surface area contributed by atoms with E-state index in [1.54, 1.807) is 24.3 Å². The molecular weight excluding hydrogens is 266 g/mol. The van der Waals surface area contributed by atoms with Crippen molar-refractivity contribution < 1.29 is 13.2 Å². The Kier molecular flexibility index (Phi) is 4.62. The lowest BCUT2D eigenvalue weighted by molar-refractivity contribution is 0.328. The third-order valence-electron chi connectivity index (χ3n) is 2.89. The highest BCUT2D eigenvalue weighted by atomic mass is 32.2. The number of nitrogens with one attached hydrogen (secondary N) is 1. The summed E-state index contributed by atoms with van der Waals surface area (Å²) in [6.45, 7) is 2.07. The largest absolute Gasteiger partial charge is 0.492 e. The first-order chi connectivity index (χ1) is 9.12. The fraction of sp³-hybridized carbons (Fsp3) is 0.500. The van der Waals surface area contributed by atoms with Crippen molar-refractivity contribution in [2.75, 3.05) is 31.0 Å². The highest BCUT2D eigenvalue weighted by Crippen LogP contribution is 2.19. The Balaban J connectivity index is 1.98. The van der Waals surface area contributed by atoms with Crippen molar-refractivity contribution in [3.8, 4) is 5.75 Å². The lowest BCUT2D eigenvalue weighted by Gasteiger charge is -2.17. The maximum absolute atomic E-state index is 12.0. The zero-order valence-electron chi connectivity index (χ0n) is 10.7. The van der Waals surface area contributed by atoms with Gasteiger partial charge in [-0.1, -0.05) is 0 Å². The highest BCUT2D eigenvalue weighted by molar-refractivity contribution is 7.90. The molecule has 0 radical (unpaired) electrons. The third-order valence-corrected chi connectivity index (χ3v) is 4.43. The summed E-state index contributed by atoms with van der Waals surface area (Å²) < 4.78 is 33.4. The van der Waals surface area contributed by atoms with E-state index in [9.17, 15) is 8.42 Å². The van der Waals surface area contributed by atoms with Crippen LogP contribution in [0.4, 0.5) is 5.69 Å². The third kappa shape index (κ3) is 3.82. The molecule has 0 aromatic heterocycles.